The number of piperazine rings is 1. The van der Waals surface area contributed by atoms with Crippen LogP contribution in [0.4, 0.5) is 18.0 Å². The highest BCUT2D eigenvalue weighted by molar-refractivity contribution is 7.90. The quantitative estimate of drug-likeness (QED) is 0.791. The number of ether oxygens (including phenoxy) is 1. The molecule has 0 spiro atoms. The number of sulfone groups is 1. The minimum Gasteiger partial charge on any atom is -0.480 e. The molecule has 0 bridgehead atoms. The van der Waals surface area contributed by atoms with Crippen LogP contribution in [-0.2, 0) is 9.84 Å². The van der Waals surface area contributed by atoms with Crippen LogP contribution in [0.3, 0.4) is 0 Å². The average Bonchev–Trinajstić information content (AvgIpc) is 2.59. The van der Waals surface area contributed by atoms with E-state index in [1.54, 1.807) is 0 Å². The van der Waals surface area contributed by atoms with Crippen molar-refractivity contribution in [1.82, 2.24) is 9.80 Å². The van der Waals surface area contributed by atoms with Gasteiger partial charge in [-0.05, 0) is 25.1 Å². The maximum absolute atomic E-state index is 12.8. The van der Waals surface area contributed by atoms with E-state index in [4.69, 9.17) is 9.84 Å². The molecule has 0 saturated carbocycles. The summed E-state index contributed by atoms with van der Waals surface area (Å²) < 4.78 is 66.9. The maximum atomic E-state index is 12.8. The van der Waals surface area contributed by atoms with Crippen LogP contribution in [0.15, 0.2) is 23.1 Å². The molecule has 1 aliphatic heterocycles. The molecule has 1 aromatic rings. The third-order valence-electron chi connectivity index (χ3n) is 4.21. The van der Waals surface area contributed by atoms with Crippen molar-refractivity contribution in [3.05, 3.63) is 23.8 Å². The largest absolute Gasteiger partial charge is 0.480 e. The van der Waals surface area contributed by atoms with E-state index in [9.17, 15) is 31.2 Å². The molecule has 1 heterocycles. The van der Waals surface area contributed by atoms with Gasteiger partial charge in [0.05, 0.1) is 10.5 Å². The summed E-state index contributed by atoms with van der Waals surface area (Å²) in [4.78, 5) is 25.9. The van der Waals surface area contributed by atoms with Crippen LogP contribution in [0.25, 0.3) is 0 Å². The molecule has 28 heavy (non-hydrogen) atoms. The van der Waals surface area contributed by atoms with Crippen LogP contribution in [0.2, 0.25) is 0 Å². The highest BCUT2D eigenvalue weighted by atomic mass is 32.2. The van der Waals surface area contributed by atoms with Crippen molar-refractivity contribution < 1.29 is 41.0 Å². The topological polar surface area (TPSA) is 104 Å². The van der Waals surface area contributed by atoms with Gasteiger partial charge >= 0.3 is 12.3 Å². The lowest BCUT2D eigenvalue weighted by molar-refractivity contribution is -0.189. The molecule has 0 aromatic heterocycles. The first kappa shape index (κ1) is 21.8. The standard InChI is InChI=1S/C16H19F3N2O6S/c1-10(16(17,18)19)27-13-4-3-11(28(2,25)26)9-12(13)14(22)20-5-7-21(8-6-20)15(23)24/h3-4,9-10H,5-8H2,1-2H3,(H,23,24)/t10-/m0/s1. The second kappa shape index (κ2) is 7.86. The summed E-state index contributed by atoms with van der Waals surface area (Å²) in [7, 11) is -3.72. The lowest BCUT2D eigenvalue weighted by atomic mass is 10.1. The zero-order valence-corrected chi connectivity index (χ0v) is 15.9. The van der Waals surface area contributed by atoms with Crippen LogP contribution in [0.1, 0.15) is 17.3 Å². The third kappa shape index (κ3) is 5.06. The Labute approximate surface area is 159 Å². The van der Waals surface area contributed by atoms with Gasteiger partial charge in [-0.2, -0.15) is 13.2 Å². The van der Waals surface area contributed by atoms with Crippen LogP contribution in [0.5, 0.6) is 5.75 Å². The highest BCUT2D eigenvalue weighted by Crippen LogP contribution is 2.30. The van der Waals surface area contributed by atoms with E-state index in [2.05, 4.69) is 0 Å². The second-order valence-corrected chi connectivity index (χ2v) is 8.31. The number of alkyl halides is 3. The number of carbonyl (C=O) groups excluding carboxylic acids is 1. The predicted octanol–water partition coefficient (Wildman–Crippen LogP) is 1.86. The molecular weight excluding hydrogens is 405 g/mol. The summed E-state index contributed by atoms with van der Waals surface area (Å²) in [5.41, 5.74) is -0.331. The number of carbonyl (C=O) groups is 2. The Balaban J connectivity index is 2.36. The lowest BCUT2D eigenvalue weighted by Gasteiger charge is -2.33. The van der Waals surface area contributed by atoms with E-state index in [1.165, 1.54) is 4.90 Å². The molecule has 0 aliphatic carbocycles. The van der Waals surface area contributed by atoms with Gasteiger partial charge in [-0.3, -0.25) is 4.79 Å². The van der Waals surface area contributed by atoms with E-state index in [0.717, 1.165) is 36.3 Å². The van der Waals surface area contributed by atoms with Gasteiger partial charge in [0.25, 0.3) is 5.91 Å². The minimum atomic E-state index is -4.68. The first-order chi connectivity index (χ1) is 12.8. The molecule has 1 atom stereocenters. The number of benzene rings is 1. The fraction of sp³-hybridized carbons (Fsp3) is 0.500. The zero-order valence-electron chi connectivity index (χ0n) is 15.1. The Hall–Kier alpha value is -2.50. The van der Waals surface area contributed by atoms with E-state index in [1.807, 2.05) is 0 Å². The number of halogens is 3. The number of hydrogen-bond acceptors (Lipinski definition) is 5. The molecular formula is C16H19F3N2O6S. The van der Waals surface area contributed by atoms with Crippen molar-refractivity contribution >= 4 is 21.8 Å². The molecule has 1 aliphatic rings. The van der Waals surface area contributed by atoms with Gasteiger partial charge in [-0.1, -0.05) is 0 Å². The Bertz CT molecular complexity index is 864. The van der Waals surface area contributed by atoms with Gasteiger partial charge in [0.15, 0.2) is 15.9 Å². The van der Waals surface area contributed by atoms with E-state index in [-0.39, 0.29) is 36.6 Å². The maximum Gasteiger partial charge on any atom is 0.425 e. The van der Waals surface area contributed by atoms with Crippen LogP contribution in [0, 0.1) is 0 Å². The summed E-state index contributed by atoms with van der Waals surface area (Å²) in [6.07, 6.45) is -7.13. The average molecular weight is 424 g/mol. The van der Waals surface area contributed by atoms with Crippen molar-refractivity contribution in [3.63, 3.8) is 0 Å². The minimum absolute atomic E-state index is 0.0164. The Morgan fingerprint density at radius 3 is 2.14 bits per heavy atom. The molecule has 1 aromatic carbocycles. The smallest absolute Gasteiger partial charge is 0.425 e. The molecule has 1 N–H and O–H groups in total. The second-order valence-electron chi connectivity index (χ2n) is 6.29. The zero-order chi connectivity index (χ0) is 21.3. The van der Waals surface area contributed by atoms with Crippen molar-refractivity contribution in [3.8, 4) is 5.75 Å². The Morgan fingerprint density at radius 1 is 1.14 bits per heavy atom. The normalized spacial score (nSPS) is 16.6. The monoisotopic (exact) mass is 424 g/mol. The van der Waals surface area contributed by atoms with E-state index < -0.39 is 39.9 Å². The van der Waals surface area contributed by atoms with Crippen molar-refractivity contribution in [2.24, 2.45) is 0 Å². The van der Waals surface area contributed by atoms with Gasteiger partial charge in [-0.15, -0.1) is 0 Å². The van der Waals surface area contributed by atoms with Gasteiger partial charge in [-0.25, -0.2) is 13.2 Å². The summed E-state index contributed by atoms with van der Waals surface area (Å²) in [5, 5.41) is 8.95. The number of amides is 2. The Kier molecular flexibility index (Phi) is 6.12. The van der Waals surface area contributed by atoms with Crippen LogP contribution < -0.4 is 4.74 Å². The lowest BCUT2D eigenvalue weighted by Crippen LogP contribution is -2.50. The molecule has 0 unspecified atom stereocenters. The fourth-order valence-electron chi connectivity index (χ4n) is 2.54. The summed E-state index contributed by atoms with van der Waals surface area (Å²) in [5.74, 6) is -1.14. The van der Waals surface area contributed by atoms with E-state index >= 15 is 0 Å². The molecule has 156 valence electrons. The van der Waals surface area contributed by atoms with Crippen LogP contribution in [-0.4, -0.2) is 80.0 Å². The van der Waals surface area contributed by atoms with Gasteiger partial charge in [0.2, 0.25) is 0 Å². The number of rotatable bonds is 4. The third-order valence-corrected chi connectivity index (χ3v) is 5.32. The highest BCUT2D eigenvalue weighted by Gasteiger charge is 2.39. The Morgan fingerprint density at radius 2 is 1.68 bits per heavy atom. The van der Waals surface area contributed by atoms with Crippen molar-refractivity contribution in [1.29, 1.82) is 0 Å². The van der Waals surface area contributed by atoms with Crippen molar-refractivity contribution in [2.75, 3.05) is 32.4 Å². The summed E-state index contributed by atoms with van der Waals surface area (Å²) in [6, 6.07) is 3.05. The molecule has 12 heteroatoms. The van der Waals surface area contributed by atoms with E-state index in [0.29, 0.717) is 0 Å². The summed E-state index contributed by atoms with van der Waals surface area (Å²) in [6.45, 7) is 0.860. The van der Waals surface area contributed by atoms with Gasteiger partial charge < -0.3 is 19.6 Å². The molecule has 2 rings (SSSR count). The first-order valence-corrected chi connectivity index (χ1v) is 10.0. The molecule has 1 fully saturated rings. The van der Waals surface area contributed by atoms with Crippen molar-refractivity contribution in [2.45, 2.75) is 24.1 Å². The molecule has 2 amide bonds. The number of hydrogen-bond donors (Lipinski definition) is 1. The fourth-order valence-corrected chi connectivity index (χ4v) is 3.19. The SMILES string of the molecule is C[C@H](Oc1ccc(S(C)(=O)=O)cc1C(=O)N1CCN(C(=O)O)CC1)C(F)(F)F. The number of carboxylic acid groups (broad SMARTS) is 1. The first-order valence-electron chi connectivity index (χ1n) is 8.15. The van der Waals surface area contributed by atoms with Gasteiger partial charge in [0.1, 0.15) is 5.75 Å². The predicted molar refractivity (Wildman–Crippen MR) is 91.2 cm³/mol. The molecule has 8 nitrogen and oxygen atoms in total. The number of nitrogens with zero attached hydrogens (tertiary/aromatic N) is 2. The molecule has 0 radical (unpaired) electrons. The van der Waals surface area contributed by atoms with Crippen LogP contribution >= 0.6 is 0 Å². The molecule has 1 saturated heterocycles. The summed E-state index contributed by atoms with van der Waals surface area (Å²) >= 11 is 0. The van der Waals surface area contributed by atoms with Gasteiger partial charge in [0, 0.05) is 32.4 Å².